The van der Waals surface area contributed by atoms with Crippen LogP contribution in [-0.2, 0) is 11.3 Å². The molecule has 0 fully saturated rings. The van der Waals surface area contributed by atoms with Gasteiger partial charge in [-0.3, -0.25) is 4.79 Å². The molecule has 1 aromatic carbocycles. The van der Waals surface area contributed by atoms with E-state index in [-0.39, 0.29) is 12.4 Å². The van der Waals surface area contributed by atoms with Gasteiger partial charge < -0.3 is 14.2 Å². The molecule has 0 spiro atoms. The summed E-state index contributed by atoms with van der Waals surface area (Å²) in [6.45, 7) is 1.66. The Morgan fingerprint density at radius 3 is 2.93 bits per heavy atom. The Morgan fingerprint density at radius 2 is 2.19 bits per heavy atom. The minimum atomic E-state index is -0.733. The molecule has 0 aliphatic rings. The standard InChI is InChI=1S/C18H14N4O4S/c1-11-19-14(10-27-11)12-4-2-5-13(8-12)20-16(23)9-22-18(24)26-17(21-22)15-6-3-7-25-15/h2-8,10H,9H2,1H3,(H,20,23). The van der Waals surface area contributed by atoms with Crippen molar-refractivity contribution in [3.63, 3.8) is 0 Å². The first-order valence-electron chi connectivity index (χ1n) is 8.03. The zero-order valence-corrected chi connectivity index (χ0v) is 15.0. The maximum absolute atomic E-state index is 12.3. The number of amides is 1. The highest BCUT2D eigenvalue weighted by molar-refractivity contribution is 7.09. The lowest BCUT2D eigenvalue weighted by Gasteiger charge is -2.06. The molecule has 4 aromatic rings. The fourth-order valence-corrected chi connectivity index (χ4v) is 3.12. The Balaban J connectivity index is 1.48. The van der Waals surface area contributed by atoms with E-state index in [0.717, 1.165) is 20.9 Å². The van der Waals surface area contributed by atoms with E-state index in [9.17, 15) is 9.59 Å². The number of benzene rings is 1. The summed E-state index contributed by atoms with van der Waals surface area (Å²) in [7, 11) is 0. The van der Waals surface area contributed by atoms with Gasteiger partial charge in [0.1, 0.15) is 6.54 Å². The van der Waals surface area contributed by atoms with Gasteiger partial charge in [-0.05, 0) is 31.2 Å². The van der Waals surface area contributed by atoms with Crippen molar-refractivity contribution in [3.05, 3.63) is 63.6 Å². The molecule has 3 aromatic heterocycles. The molecule has 8 nitrogen and oxygen atoms in total. The second-order valence-electron chi connectivity index (χ2n) is 5.69. The summed E-state index contributed by atoms with van der Waals surface area (Å²) in [5, 5.41) is 9.66. The molecule has 4 rings (SSSR count). The molecule has 27 heavy (non-hydrogen) atoms. The lowest BCUT2D eigenvalue weighted by molar-refractivity contribution is -0.117. The Kier molecular flexibility index (Phi) is 4.43. The van der Waals surface area contributed by atoms with E-state index in [1.54, 1.807) is 29.5 Å². The quantitative estimate of drug-likeness (QED) is 0.569. The molecule has 0 saturated carbocycles. The van der Waals surface area contributed by atoms with Gasteiger partial charge in [0, 0.05) is 16.6 Å². The van der Waals surface area contributed by atoms with Crippen molar-refractivity contribution in [1.82, 2.24) is 14.8 Å². The van der Waals surface area contributed by atoms with Crippen LogP contribution in [0.4, 0.5) is 5.69 Å². The van der Waals surface area contributed by atoms with E-state index in [0.29, 0.717) is 11.4 Å². The van der Waals surface area contributed by atoms with Crippen molar-refractivity contribution in [2.24, 2.45) is 0 Å². The number of hydrogen-bond acceptors (Lipinski definition) is 7. The van der Waals surface area contributed by atoms with Crippen molar-refractivity contribution in [3.8, 4) is 22.9 Å². The summed E-state index contributed by atoms with van der Waals surface area (Å²) in [5.74, 6) is -0.789. The van der Waals surface area contributed by atoms with E-state index < -0.39 is 11.7 Å². The van der Waals surface area contributed by atoms with Crippen LogP contribution in [0.25, 0.3) is 22.9 Å². The average molecular weight is 382 g/mol. The molecule has 1 amide bonds. The fraction of sp³-hybridized carbons (Fsp3) is 0.111. The molecule has 0 aliphatic carbocycles. The molecule has 9 heteroatoms. The van der Waals surface area contributed by atoms with E-state index in [1.165, 1.54) is 6.26 Å². The number of nitrogens with zero attached hydrogens (tertiary/aromatic N) is 3. The topological polar surface area (TPSA) is 103 Å². The predicted octanol–water partition coefficient (Wildman–Crippen LogP) is 3.17. The fourth-order valence-electron chi connectivity index (χ4n) is 2.49. The van der Waals surface area contributed by atoms with E-state index in [4.69, 9.17) is 8.83 Å². The van der Waals surface area contributed by atoms with Crippen molar-refractivity contribution >= 4 is 22.9 Å². The average Bonchev–Trinajstić information content (AvgIpc) is 3.37. The number of carbonyl (C=O) groups is 1. The number of nitrogens with one attached hydrogen (secondary N) is 1. The normalized spacial score (nSPS) is 10.9. The van der Waals surface area contributed by atoms with Gasteiger partial charge in [0.15, 0.2) is 5.76 Å². The lowest BCUT2D eigenvalue weighted by atomic mass is 10.1. The van der Waals surface area contributed by atoms with Crippen LogP contribution in [0.15, 0.2) is 61.7 Å². The van der Waals surface area contributed by atoms with E-state index in [1.807, 2.05) is 30.5 Å². The number of aryl methyl sites for hydroxylation is 1. The van der Waals surface area contributed by atoms with Crippen LogP contribution in [0.2, 0.25) is 0 Å². The molecule has 0 radical (unpaired) electrons. The maximum Gasteiger partial charge on any atom is 0.437 e. The first-order valence-corrected chi connectivity index (χ1v) is 8.91. The van der Waals surface area contributed by atoms with Gasteiger partial charge in [-0.2, -0.15) is 4.68 Å². The number of hydrogen-bond donors (Lipinski definition) is 1. The molecule has 0 saturated heterocycles. The largest absolute Gasteiger partial charge is 0.459 e. The monoisotopic (exact) mass is 382 g/mol. The third-order valence-electron chi connectivity index (χ3n) is 3.69. The molecule has 0 aliphatic heterocycles. The Labute approximate surface area is 157 Å². The molecule has 3 heterocycles. The number of carbonyl (C=O) groups excluding carboxylic acids is 1. The van der Waals surface area contributed by atoms with Crippen LogP contribution in [0, 0.1) is 6.92 Å². The molecule has 136 valence electrons. The highest BCUT2D eigenvalue weighted by Gasteiger charge is 2.15. The zero-order chi connectivity index (χ0) is 18.8. The first kappa shape index (κ1) is 17.0. The lowest BCUT2D eigenvalue weighted by Crippen LogP contribution is -2.25. The summed E-state index contributed by atoms with van der Waals surface area (Å²) < 4.78 is 11.1. The van der Waals surface area contributed by atoms with Crippen LogP contribution in [0.5, 0.6) is 0 Å². The van der Waals surface area contributed by atoms with E-state index >= 15 is 0 Å². The van der Waals surface area contributed by atoms with Crippen molar-refractivity contribution in [2.45, 2.75) is 13.5 Å². The third-order valence-corrected chi connectivity index (χ3v) is 4.47. The Morgan fingerprint density at radius 1 is 1.30 bits per heavy atom. The van der Waals surface area contributed by atoms with Gasteiger partial charge in [0.05, 0.1) is 17.0 Å². The molecule has 0 unspecified atom stereocenters. The van der Waals surface area contributed by atoms with Crippen LogP contribution in [0.3, 0.4) is 0 Å². The Hall–Kier alpha value is -3.46. The van der Waals surface area contributed by atoms with Crippen LogP contribution >= 0.6 is 11.3 Å². The molecular formula is C18H14N4O4S. The summed E-state index contributed by atoms with van der Waals surface area (Å²) in [4.78, 5) is 28.6. The predicted molar refractivity (Wildman–Crippen MR) is 99.4 cm³/mol. The smallest absolute Gasteiger partial charge is 0.437 e. The van der Waals surface area contributed by atoms with Crippen LogP contribution in [-0.4, -0.2) is 20.7 Å². The molecule has 1 N–H and O–H groups in total. The Bertz CT molecular complexity index is 1140. The van der Waals surface area contributed by atoms with Gasteiger partial charge >= 0.3 is 5.76 Å². The molecule has 0 atom stereocenters. The van der Waals surface area contributed by atoms with Crippen molar-refractivity contribution in [2.75, 3.05) is 5.32 Å². The molecule has 0 bridgehead atoms. The zero-order valence-electron chi connectivity index (χ0n) is 14.2. The number of aromatic nitrogens is 3. The highest BCUT2D eigenvalue weighted by Crippen LogP contribution is 2.24. The highest BCUT2D eigenvalue weighted by atomic mass is 32.1. The van der Waals surface area contributed by atoms with Gasteiger partial charge in [0.2, 0.25) is 5.91 Å². The number of furan rings is 1. The number of anilines is 1. The van der Waals surface area contributed by atoms with Gasteiger partial charge in [-0.1, -0.05) is 12.1 Å². The van der Waals surface area contributed by atoms with E-state index in [2.05, 4.69) is 15.4 Å². The van der Waals surface area contributed by atoms with Gasteiger partial charge in [-0.25, -0.2) is 9.78 Å². The number of thiazole rings is 1. The minimum absolute atomic E-state index is 0.0266. The van der Waals surface area contributed by atoms with Crippen molar-refractivity contribution < 1.29 is 13.6 Å². The van der Waals surface area contributed by atoms with Crippen LogP contribution in [0.1, 0.15) is 5.01 Å². The first-order chi connectivity index (χ1) is 13.1. The summed E-state index contributed by atoms with van der Waals surface area (Å²) >= 11 is 1.56. The van der Waals surface area contributed by atoms with Gasteiger partial charge in [-0.15, -0.1) is 16.4 Å². The van der Waals surface area contributed by atoms with Crippen LogP contribution < -0.4 is 11.1 Å². The maximum atomic E-state index is 12.3. The summed E-state index contributed by atoms with van der Waals surface area (Å²) in [6, 6.07) is 10.6. The third kappa shape index (κ3) is 3.72. The van der Waals surface area contributed by atoms with Gasteiger partial charge in [0.25, 0.3) is 5.89 Å². The van der Waals surface area contributed by atoms with Crippen molar-refractivity contribution in [1.29, 1.82) is 0 Å². The minimum Gasteiger partial charge on any atom is -0.459 e. The SMILES string of the molecule is Cc1nc(-c2cccc(NC(=O)Cn3nc(-c4ccco4)oc3=O)c2)cs1. The molecular weight excluding hydrogens is 368 g/mol. The summed E-state index contributed by atoms with van der Waals surface area (Å²) in [5.41, 5.74) is 2.35. The number of rotatable bonds is 5. The second-order valence-corrected chi connectivity index (χ2v) is 6.75. The summed E-state index contributed by atoms with van der Waals surface area (Å²) in [6.07, 6.45) is 1.44. The second kappa shape index (κ2) is 7.04.